The second-order valence-corrected chi connectivity index (χ2v) is 8.58. The number of carbonyl (C=O) groups excluding carboxylic acids is 2. The van der Waals surface area contributed by atoms with Crippen molar-refractivity contribution in [1.29, 1.82) is 5.26 Å². The molecule has 0 spiro atoms. The zero-order chi connectivity index (χ0) is 24.9. The first-order chi connectivity index (χ1) is 16.9. The minimum Gasteiger partial charge on any atom is -0.489 e. The van der Waals surface area contributed by atoms with E-state index in [4.69, 9.17) is 4.74 Å². The highest BCUT2D eigenvalue weighted by atomic mass is 16.5. The molecular formula is C30H26N2O3. The number of aryl methyl sites for hydroxylation is 1. The van der Waals surface area contributed by atoms with Crippen molar-refractivity contribution in [3.8, 4) is 11.8 Å². The van der Waals surface area contributed by atoms with Crippen LogP contribution in [0.25, 0.3) is 6.08 Å². The lowest BCUT2D eigenvalue weighted by atomic mass is 9.91. The highest BCUT2D eigenvalue weighted by molar-refractivity contribution is 6.19. The molecule has 5 nitrogen and oxygen atoms in total. The fraction of sp³-hybridized carbons (Fsp3) is 0.167. The van der Waals surface area contributed by atoms with Gasteiger partial charge in [0.15, 0.2) is 0 Å². The van der Waals surface area contributed by atoms with Gasteiger partial charge in [0.1, 0.15) is 24.0 Å². The van der Waals surface area contributed by atoms with Crippen LogP contribution < -0.4 is 4.74 Å². The normalized spacial score (nSPS) is 15.8. The van der Waals surface area contributed by atoms with Crippen molar-refractivity contribution in [2.24, 2.45) is 0 Å². The average molecular weight is 463 g/mol. The molecule has 174 valence electrons. The largest absolute Gasteiger partial charge is 0.489 e. The molecule has 0 fully saturated rings. The maximum atomic E-state index is 13.4. The molecule has 0 aliphatic carbocycles. The summed E-state index contributed by atoms with van der Waals surface area (Å²) in [5.41, 5.74) is 4.57. The minimum absolute atomic E-state index is 0.0170. The molecule has 3 aromatic rings. The van der Waals surface area contributed by atoms with Gasteiger partial charge in [-0.1, -0.05) is 72.3 Å². The SMILES string of the molecule is CC1=C(C#N)C(=O)N(C(C)c2ccccc2)C(=O)/C1=C/c1ccc(OCc2ccc(C)cc2)cc1. The van der Waals surface area contributed by atoms with Gasteiger partial charge in [0.2, 0.25) is 0 Å². The molecule has 5 heteroatoms. The van der Waals surface area contributed by atoms with Crippen molar-refractivity contribution in [1.82, 2.24) is 4.90 Å². The number of nitriles is 1. The molecule has 0 saturated heterocycles. The lowest BCUT2D eigenvalue weighted by molar-refractivity contribution is -0.143. The maximum Gasteiger partial charge on any atom is 0.272 e. The van der Waals surface area contributed by atoms with Gasteiger partial charge in [-0.05, 0) is 61.2 Å². The van der Waals surface area contributed by atoms with Crippen LogP contribution in [0.4, 0.5) is 0 Å². The second kappa shape index (κ2) is 10.2. The summed E-state index contributed by atoms with van der Waals surface area (Å²) in [6.07, 6.45) is 1.72. The zero-order valence-electron chi connectivity index (χ0n) is 20.0. The number of carbonyl (C=O) groups is 2. The van der Waals surface area contributed by atoms with Crippen molar-refractivity contribution < 1.29 is 14.3 Å². The molecule has 1 atom stereocenters. The van der Waals surface area contributed by atoms with Crippen LogP contribution in [0.2, 0.25) is 0 Å². The van der Waals surface area contributed by atoms with E-state index in [0.717, 1.165) is 16.7 Å². The van der Waals surface area contributed by atoms with Gasteiger partial charge in [0.25, 0.3) is 11.8 Å². The Balaban J connectivity index is 1.59. The lowest BCUT2D eigenvalue weighted by Crippen LogP contribution is -2.44. The monoisotopic (exact) mass is 462 g/mol. The minimum atomic E-state index is -0.566. The summed E-state index contributed by atoms with van der Waals surface area (Å²) in [7, 11) is 0. The van der Waals surface area contributed by atoms with Gasteiger partial charge in [-0.2, -0.15) is 5.26 Å². The molecule has 1 unspecified atom stereocenters. The Morgan fingerprint density at radius 2 is 1.57 bits per heavy atom. The summed E-state index contributed by atoms with van der Waals surface area (Å²) >= 11 is 0. The Kier molecular flexibility index (Phi) is 6.93. The molecule has 0 aromatic heterocycles. The van der Waals surface area contributed by atoms with Crippen LogP contribution in [0.15, 0.2) is 95.6 Å². The van der Waals surface area contributed by atoms with E-state index >= 15 is 0 Å². The van der Waals surface area contributed by atoms with Crippen LogP contribution in [0.5, 0.6) is 5.75 Å². The van der Waals surface area contributed by atoms with E-state index in [0.29, 0.717) is 23.5 Å². The molecule has 2 amide bonds. The fourth-order valence-corrected chi connectivity index (χ4v) is 4.01. The van der Waals surface area contributed by atoms with Crippen molar-refractivity contribution >= 4 is 17.9 Å². The molecule has 0 saturated carbocycles. The lowest BCUT2D eigenvalue weighted by Gasteiger charge is -2.32. The third-order valence-corrected chi connectivity index (χ3v) is 6.16. The van der Waals surface area contributed by atoms with Crippen LogP contribution in [0.1, 0.15) is 42.1 Å². The zero-order valence-corrected chi connectivity index (χ0v) is 20.0. The predicted molar refractivity (Wildman–Crippen MR) is 135 cm³/mol. The summed E-state index contributed by atoms with van der Waals surface area (Å²) in [6, 6.07) is 26.4. The Labute approximate surface area is 205 Å². The number of hydrogen-bond donors (Lipinski definition) is 0. The van der Waals surface area contributed by atoms with Gasteiger partial charge >= 0.3 is 0 Å². The van der Waals surface area contributed by atoms with Gasteiger partial charge in [-0.15, -0.1) is 0 Å². The van der Waals surface area contributed by atoms with Gasteiger partial charge in [-0.25, -0.2) is 0 Å². The second-order valence-electron chi connectivity index (χ2n) is 8.58. The third kappa shape index (κ3) is 5.07. The number of ether oxygens (including phenoxy) is 1. The molecule has 1 heterocycles. The molecule has 0 N–H and O–H groups in total. The van der Waals surface area contributed by atoms with Crippen molar-refractivity contribution in [3.63, 3.8) is 0 Å². The van der Waals surface area contributed by atoms with Crippen LogP contribution in [0.3, 0.4) is 0 Å². The number of hydrogen-bond acceptors (Lipinski definition) is 4. The first kappa shape index (κ1) is 23.7. The Hall–Kier alpha value is -4.43. The topological polar surface area (TPSA) is 70.4 Å². The van der Waals surface area contributed by atoms with E-state index in [1.807, 2.05) is 91.9 Å². The third-order valence-electron chi connectivity index (χ3n) is 6.16. The number of rotatable bonds is 6. The highest BCUT2D eigenvalue weighted by Gasteiger charge is 2.38. The molecule has 0 radical (unpaired) electrons. The molecule has 0 bridgehead atoms. The summed E-state index contributed by atoms with van der Waals surface area (Å²) in [5.74, 6) is -0.270. The average Bonchev–Trinajstić information content (AvgIpc) is 2.88. The van der Waals surface area contributed by atoms with E-state index < -0.39 is 17.9 Å². The number of benzene rings is 3. The molecule has 1 aliphatic heterocycles. The maximum absolute atomic E-state index is 13.4. The molecule has 4 rings (SSSR count). The van der Waals surface area contributed by atoms with Crippen LogP contribution >= 0.6 is 0 Å². The van der Waals surface area contributed by atoms with Gasteiger partial charge in [0, 0.05) is 5.57 Å². The Bertz CT molecular complexity index is 1350. The van der Waals surface area contributed by atoms with Gasteiger partial charge in [-0.3, -0.25) is 14.5 Å². The van der Waals surface area contributed by atoms with Gasteiger partial charge < -0.3 is 4.74 Å². The summed E-state index contributed by atoms with van der Waals surface area (Å²) < 4.78 is 5.87. The molecule has 3 aromatic carbocycles. The smallest absolute Gasteiger partial charge is 0.272 e. The van der Waals surface area contributed by atoms with E-state index in [1.165, 1.54) is 10.5 Å². The summed E-state index contributed by atoms with van der Waals surface area (Å²) in [4.78, 5) is 27.6. The first-order valence-electron chi connectivity index (χ1n) is 11.4. The van der Waals surface area contributed by atoms with Crippen LogP contribution in [-0.2, 0) is 16.2 Å². The quantitative estimate of drug-likeness (QED) is 0.336. The van der Waals surface area contributed by atoms with E-state index in [-0.39, 0.29) is 5.57 Å². The van der Waals surface area contributed by atoms with E-state index in [9.17, 15) is 14.9 Å². The predicted octanol–water partition coefficient (Wildman–Crippen LogP) is 5.93. The van der Waals surface area contributed by atoms with E-state index in [1.54, 1.807) is 19.9 Å². The Morgan fingerprint density at radius 3 is 2.20 bits per heavy atom. The van der Waals surface area contributed by atoms with Crippen LogP contribution in [0, 0.1) is 18.3 Å². The van der Waals surface area contributed by atoms with E-state index in [2.05, 4.69) is 0 Å². The van der Waals surface area contributed by atoms with Crippen LogP contribution in [-0.4, -0.2) is 16.7 Å². The standard InChI is InChI=1S/C30H26N2O3/c1-20-9-11-24(12-10-20)19-35-26-15-13-23(14-16-26)17-27-21(2)28(18-31)30(34)32(29(27)33)22(3)25-7-5-4-6-8-25/h4-17,22H,19H2,1-3H3/b27-17+. The summed E-state index contributed by atoms with van der Waals surface area (Å²) in [6.45, 7) is 5.94. The summed E-state index contributed by atoms with van der Waals surface area (Å²) in [5, 5.41) is 9.67. The van der Waals surface area contributed by atoms with Crippen molar-refractivity contribution in [2.45, 2.75) is 33.4 Å². The highest BCUT2D eigenvalue weighted by Crippen LogP contribution is 2.33. The molecular weight excluding hydrogens is 436 g/mol. The molecule has 1 aliphatic rings. The number of amides is 2. The molecule has 35 heavy (non-hydrogen) atoms. The Morgan fingerprint density at radius 1 is 0.914 bits per heavy atom. The fourth-order valence-electron chi connectivity index (χ4n) is 4.01. The number of nitrogens with zero attached hydrogens (tertiary/aromatic N) is 2. The number of imide groups is 1. The van der Waals surface area contributed by atoms with Crippen molar-refractivity contribution in [3.05, 3.63) is 118 Å². The van der Waals surface area contributed by atoms with Crippen molar-refractivity contribution in [2.75, 3.05) is 0 Å². The van der Waals surface area contributed by atoms with Gasteiger partial charge in [0.05, 0.1) is 6.04 Å². The first-order valence-corrected chi connectivity index (χ1v) is 11.4.